The van der Waals surface area contributed by atoms with Gasteiger partial charge in [-0.2, -0.15) is 0 Å². The monoisotopic (exact) mass is 483 g/mol. The number of halogens is 1. The van der Waals surface area contributed by atoms with E-state index in [1.54, 1.807) is 62.4 Å². The summed E-state index contributed by atoms with van der Waals surface area (Å²) >= 11 is 7.64. The van der Waals surface area contributed by atoms with Crippen molar-refractivity contribution in [3.05, 3.63) is 70.3 Å². The third-order valence-electron chi connectivity index (χ3n) is 4.72. The Morgan fingerprint density at radius 3 is 2.48 bits per heavy atom. The quantitative estimate of drug-likeness (QED) is 0.337. The summed E-state index contributed by atoms with van der Waals surface area (Å²) in [4.78, 5) is 29.5. The summed E-state index contributed by atoms with van der Waals surface area (Å²) in [5.74, 6) is -0.716. The van der Waals surface area contributed by atoms with Crippen molar-refractivity contribution >= 4 is 46.4 Å². The molecule has 2 aromatic carbocycles. The number of hydrogen-bond donors (Lipinski definition) is 1. The fourth-order valence-electron chi connectivity index (χ4n) is 3.22. The SMILES string of the molecule is CCOC(=O)N(c1ccccc1Cl)c1c(C)noc1-c1ccc(-c2nc(C(=O)O)cs2)cc1. The van der Waals surface area contributed by atoms with E-state index in [2.05, 4.69) is 10.1 Å². The molecule has 0 saturated heterocycles. The molecule has 33 heavy (non-hydrogen) atoms. The normalized spacial score (nSPS) is 10.8. The number of carbonyl (C=O) groups excluding carboxylic acids is 1. The Labute approximate surface area is 198 Å². The molecule has 0 atom stereocenters. The first-order chi connectivity index (χ1) is 15.9. The largest absolute Gasteiger partial charge is 0.476 e. The molecule has 0 bridgehead atoms. The second kappa shape index (κ2) is 9.43. The van der Waals surface area contributed by atoms with Gasteiger partial charge in [0, 0.05) is 16.5 Å². The number of thiazole rings is 1. The Bertz CT molecular complexity index is 1320. The highest BCUT2D eigenvalue weighted by atomic mass is 35.5. The van der Waals surface area contributed by atoms with E-state index >= 15 is 0 Å². The van der Waals surface area contributed by atoms with Gasteiger partial charge in [-0.25, -0.2) is 19.5 Å². The molecular weight excluding hydrogens is 466 g/mol. The maximum atomic E-state index is 12.9. The lowest BCUT2D eigenvalue weighted by molar-refractivity contribution is 0.0691. The van der Waals surface area contributed by atoms with Crippen LogP contribution in [0.2, 0.25) is 5.02 Å². The number of rotatable bonds is 6. The van der Waals surface area contributed by atoms with Crippen molar-refractivity contribution in [2.45, 2.75) is 13.8 Å². The molecule has 4 aromatic rings. The molecule has 2 heterocycles. The molecule has 1 amide bonds. The molecule has 8 nitrogen and oxygen atoms in total. The summed E-state index contributed by atoms with van der Waals surface area (Å²) in [6, 6.07) is 14.1. The van der Waals surface area contributed by atoms with Gasteiger partial charge in [-0.3, -0.25) is 0 Å². The van der Waals surface area contributed by atoms with Crippen LogP contribution in [0, 0.1) is 6.92 Å². The van der Waals surface area contributed by atoms with E-state index < -0.39 is 12.1 Å². The van der Waals surface area contributed by atoms with Crippen molar-refractivity contribution in [2.75, 3.05) is 11.5 Å². The topological polar surface area (TPSA) is 106 Å². The molecule has 0 unspecified atom stereocenters. The van der Waals surface area contributed by atoms with Crippen molar-refractivity contribution < 1.29 is 24.0 Å². The highest BCUT2D eigenvalue weighted by molar-refractivity contribution is 7.13. The van der Waals surface area contributed by atoms with Crippen molar-refractivity contribution in [1.29, 1.82) is 0 Å². The molecule has 0 spiro atoms. The van der Waals surface area contributed by atoms with Crippen molar-refractivity contribution in [3.8, 4) is 21.9 Å². The van der Waals surface area contributed by atoms with E-state index in [-0.39, 0.29) is 12.3 Å². The van der Waals surface area contributed by atoms with Crippen LogP contribution >= 0.6 is 22.9 Å². The van der Waals surface area contributed by atoms with Gasteiger partial charge in [-0.15, -0.1) is 11.3 Å². The van der Waals surface area contributed by atoms with Crippen LogP contribution in [0.5, 0.6) is 0 Å². The van der Waals surface area contributed by atoms with Gasteiger partial charge in [0.15, 0.2) is 11.5 Å². The lowest BCUT2D eigenvalue weighted by Crippen LogP contribution is -2.27. The second-order valence-corrected chi connectivity index (χ2v) is 8.12. The lowest BCUT2D eigenvalue weighted by atomic mass is 10.1. The van der Waals surface area contributed by atoms with Gasteiger partial charge in [0.1, 0.15) is 16.4 Å². The zero-order valence-corrected chi connectivity index (χ0v) is 19.2. The lowest BCUT2D eigenvalue weighted by Gasteiger charge is -2.23. The summed E-state index contributed by atoms with van der Waals surface area (Å²) in [5.41, 5.74) is 2.74. The summed E-state index contributed by atoms with van der Waals surface area (Å²) in [6.07, 6.45) is -0.612. The van der Waals surface area contributed by atoms with Crippen LogP contribution in [0.4, 0.5) is 16.2 Å². The number of hydrogen-bond acceptors (Lipinski definition) is 7. The van der Waals surface area contributed by atoms with Crippen LogP contribution < -0.4 is 4.90 Å². The summed E-state index contributed by atoms with van der Waals surface area (Å²) < 4.78 is 10.9. The number of carboxylic acid groups (broad SMARTS) is 1. The molecule has 2 aromatic heterocycles. The second-order valence-electron chi connectivity index (χ2n) is 6.85. The number of carboxylic acids is 1. The Morgan fingerprint density at radius 1 is 1.15 bits per heavy atom. The number of aryl methyl sites for hydroxylation is 1. The fraction of sp³-hybridized carbons (Fsp3) is 0.130. The maximum Gasteiger partial charge on any atom is 0.419 e. The number of aromatic carboxylic acids is 1. The van der Waals surface area contributed by atoms with E-state index in [4.69, 9.17) is 26.0 Å². The van der Waals surface area contributed by atoms with Crippen molar-refractivity contribution in [1.82, 2.24) is 10.1 Å². The third kappa shape index (κ3) is 4.46. The van der Waals surface area contributed by atoms with Crippen molar-refractivity contribution in [3.63, 3.8) is 0 Å². The molecule has 168 valence electrons. The Morgan fingerprint density at radius 2 is 1.85 bits per heavy atom. The zero-order chi connectivity index (χ0) is 23.5. The third-order valence-corrected chi connectivity index (χ3v) is 5.93. The minimum absolute atomic E-state index is 0.00274. The van der Waals surface area contributed by atoms with E-state index in [1.807, 2.05) is 0 Å². The standard InChI is InChI=1S/C23H18ClN3O5S/c1-3-31-23(30)27(18-7-5-4-6-16(18)24)19-13(2)26-32-20(19)14-8-10-15(11-9-14)21-25-17(12-33-21)22(28)29/h4-12H,3H2,1-2H3,(H,28,29). The molecule has 0 radical (unpaired) electrons. The van der Waals surface area contributed by atoms with Crippen LogP contribution in [0.3, 0.4) is 0 Å². The Hall–Kier alpha value is -3.69. The molecule has 0 aliphatic carbocycles. The number of aromatic nitrogens is 2. The minimum Gasteiger partial charge on any atom is -0.476 e. The number of ether oxygens (including phenoxy) is 1. The number of amides is 1. The Balaban J connectivity index is 1.77. The zero-order valence-electron chi connectivity index (χ0n) is 17.6. The number of nitrogens with zero attached hydrogens (tertiary/aromatic N) is 3. The van der Waals surface area contributed by atoms with E-state index in [0.717, 1.165) is 5.56 Å². The summed E-state index contributed by atoms with van der Waals surface area (Å²) in [5, 5.41) is 15.6. The van der Waals surface area contributed by atoms with Gasteiger partial charge in [0.2, 0.25) is 0 Å². The first-order valence-corrected chi connectivity index (χ1v) is 11.1. The molecule has 0 aliphatic heterocycles. The molecule has 0 aliphatic rings. The number of anilines is 2. The maximum absolute atomic E-state index is 12.9. The Kier molecular flexibility index (Phi) is 6.43. The molecule has 0 saturated carbocycles. The predicted octanol–water partition coefficient (Wildman–Crippen LogP) is 6.42. The van der Waals surface area contributed by atoms with Crippen LogP contribution in [-0.2, 0) is 4.74 Å². The average Bonchev–Trinajstić information content (AvgIpc) is 3.44. The fourth-order valence-corrected chi connectivity index (χ4v) is 4.24. The van der Waals surface area contributed by atoms with Gasteiger partial charge in [0.25, 0.3) is 0 Å². The number of para-hydroxylation sites is 1. The average molecular weight is 484 g/mol. The molecular formula is C23H18ClN3O5S. The smallest absolute Gasteiger partial charge is 0.419 e. The number of benzene rings is 2. The van der Waals surface area contributed by atoms with Crippen LogP contribution in [0.25, 0.3) is 21.9 Å². The van der Waals surface area contributed by atoms with Gasteiger partial charge in [0.05, 0.1) is 17.3 Å². The predicted molar refractivity (Wildman–Crippen MR) is 125 cm³/mol. The molecule has 4 rings (SSSR count). The minimum atomic E-state index is -1.07. The highest BCUT2D eigenvalue weighted by Gasteiger charge is 2.30. The van der Waals surface area contributed by atoms with Crippen molar-refractivity contribution in [2.24, 2.45) is 0 Å². The van der Waals surface area contributed by atoms with Crippen LogP contribution in [-0.4, -0.2) is 33.9 Å². The van der Waals surface area contributed by atoms with E-state index in [9.17, 15) is 9.59 Å². The van der Waals surface area contributed by atoms with E-state index in [1.165, 1.54) is 21.6 Å². The van der Waals surface area contributed by atoms with Gasteiger partial charge >= 0.3 is 12.1 Å². The van der Waals surface area contributed by atoms with Gasteiger partial charge in [-0.05, 0) is 26.0 Å². The molecule has 0 fully saturated rings. The van der Waals surface area contributed by atoms with Gasteiger partial charge < -0.3 is 14.4 Å². The highest BCUT2D eigenvalue weighted by Crippen LogP contribution is 2.41. The van der Waals surface area contributed by atoms with Crippen LogP contribution in [0.1, 0.15) is 23.1 Å². The van der Waals surface area contributed by atoms with Crippen LogP contribution in [0.15, 0.2) is 58.4 Å². The van der Waals surface area contributed by atoms with Gasteiger partial charge in [-0.1, -0.05) is 53.2 Å². The molecule has 1 N–H and O–H groups in total. The first kappa shape index (κ1) is 22.5. The summed E-state index contributed by atoms with van der Waals surface area (Å²) in [7, 11) is 0. The number of carbonyl (C=O) groups is 2. The molecule has 10 heteroatoms. The summed E-state index contributed by atoms with van der Waals surface area (Å²) in [6.45, 7) is 3.63. The van der Waals surface area contributed by atoms with E-state index in [0.29, 0.717) is 38.4 Å². The first-order valence-electron chi connectivity index (χ1n) is 9.88.